The van der Waals surface area contributed by atoms with E-state index in [0.29, 0.717) is 20.6 Å². The summed E-state index contributed by atoms with van der Waals surface area (Å²) in [5.74, 6) is 0.413. The Morgan fingerprint density at radius 1 is 1.35 bits per heavy atom. The molecule has 1 aromatic rings. The molecule has 17 heavy (non-hydrogen) atoms. The first-order valence-electron chi connectivity index (χ1n) is 5.08. The van der Waals surface area contributed by atoms with E-state index < -0.39 is 10.0 Å². The summed E-state index contributed by atoms with van der Waals surface area (Å²) < 4.78 is 27.9. The van der Waals surface area contributed by atoms with E-state index in [2.05, 4.69) is 36.6 Å². The molecular formula is C10H12Br2N2O2S. The molecule has 1 saturated carbocycles. The Labute approximate surface area is 117 Å². The van der Waals surface area contributed by atoms with E-state index in [0.717, 1.165) is 6.42 Å². The Kier molecular flexibility index (Phi) is 3.55. The van der Waals surface area contributed by atoms with Crippen LogP contribution in [-0.4, -0.2) is 14.5 Å². The molecule has 0 saturated heterocycles. The van der Waals surface area contributed by atoms with Gasteiger partial charge in [-0.05, 0) is 56.3 Å². The predicted octanol–water partition coefficient (Wildman–Crippen LogP) is 2.48. The molecule has 0 radical (unpaired) electrons. The second-order valence-corrected chi connectivity index (χ2v) is 7.61. The number of sulfonamides is 1. The maximum Gasteiger partial charge on any atom is 0.243 e. The molecule has 7 heteroatoms. The van der Waals surface area contributed by atoms with Crippen LogP contribution in [-0.2, 0) is 10.0 Å². The quantitative estimate of drug-likeness (QED) is 0.787. The largest absolute Gasteiger partial charge is 0.399 e. The molecule has 4 nitrogen and oxygen atoms in total. The topological polar surface area (TPSA) is 72.2 Å². The minimum absolute atomic E-state index is 0.0522. The van der Waals surface area contributed by atoms with Crippen molar-refractivity contribution < 1.29 is 8.42 Å². The maximum absolute atomic E-state index is 12.2. The van der Waals surface area contributed by atoms with Crippen molar-refractivity contribution in [3.05, 3.63) is 21.1 Å². The first-order chi connectivity index (χ1) is 7.81. The van der Waals surface area contributed by atoms with Gasteiger partial charge in [-0.3, -0.25) is 0 Å². The number of anilines is 1. The maximum atomic E-state index is 12.2. The summed E-state index contributed by atoms with van der Waals surface area (Å²) in [4.78, 5) is 0.200. The van der Waals surface area contributed by atoms with Crippen molar-refractivity contribution in [1.82, 2.24) is 4.72 Å². The van der Waals surface area contributed by atoms with Gasteiger partial charge in [-0.1, -0.05) is 6.92 Å². The molecule has 0 bridgehead atoms. The second-order valence-electron chi connectivity index (χ2n) is 4.25. The molecule has 0 spiro atoms. The van der Waals surface area contributed by atoms with E-state index in [-0.39, 0.29) is 10.9 Å². The Morgan fingerprint density at radius 2 is 1.82 bits per heavy atom. The van der Waals surface area contributed by atoms with Crippen molar-refractivity contribution in [3.8, 4) is 0 Å². The van der Waals surface area contributed by atoms with Crippen molar-refractivity contribution in [2.45, 2.75) is 24.3 Å². The first kappa shape index (κ1) is 13.3. The zero-order chi connectivity index (χ0) is 12.8. The summed E-state index contributed by atoms with van der Waals surface area (Å²) in [5, 5.41) is 0. The van der Waals surface area contributed by atoms with Gasteiger partial charge in [0.15, 0.2) is 0 Å². The lowest BCUT2D eigenvalue weighted by atomic mass is 10.3. The molecule has 0 aliphatic heterocycles. The molecule has 2 rings (SSSR count). The minimum atomic E-state index is -3.51. The van der Waals surface area contributed by atoms with Crippen molar-refractivity contribution >= 4 is 47.6 Å². The van der Waals surface area contributed by atoms with Gasteiger partial charge >= 0.3 is 0 Å². The minimum Gasteiger partial charge on any atom is -0.399 e. The van der Waals surface area contributed by atoms with Gasteiger partial charge in [0.25, 0.3) is 0 Å². The monoisotopic (exact) mass is 382 g/mol. The van der Waals surface area contributed by atoms with Gasteiger partial charge < -0.3 is 5.73 Å². The summed E-state index contributed by atoms with van der Waals surface area (Å²) in [6.45, 7) is 2.01. The zero-order valence-electron chi connectivity index (χ0n) is 9.07. The van der Waals surface area contributed by atoms with Gasteiger partial charge in [-0.15, -0.1) is 0 Å². The number of nitrogen functional groups attached to an aromatic ring is 1. The van der Waals surface area contributed by atoms with E-state index in [1.165, 1.54) is 0 Å². The van der Waals surface area contributed by atoms with Crippen LogP contribution < -0.4 is 10.5 Å². The fraction of sp³-hybridized carbons (Fsp3) is 0.400. The Bertz CT molecular complexity index is 536. The van der Waals surface area contributed by atoms with Crippen LogP contribution >= 0.6 is 31.9 Å². The van der Waals surface area contributed by atoms with Gasteiger partial charge in [-0.2, -0.15) is 0 Å². The van der Waals surface area contributed by atoms with E-state index >= 15 is 0 Å². The number of nitrogens with two attached hydrogens (primary N) is 1. The molecule has 2 unspecified atom stereocenters. The molecule has 1 aliphatic rings. The molecule has 1 fully saturated rings. The molecule has 1 aliphatic carbocycles. The highest BCUT2D eigenvalue weighted by Crippen LogP contribution is 2.35. The van der Waals surface area contributed by atoms with Crippen molar-refractivity contribution in [2.24, 2.45) is 5.92 Å². The van der Waals surface area contributed by atoms with Gasteiger partial charge in [0.2, 0.25) is 10.0 Å². The molecule has 0 aromatic heterocycles. The second kappa shape index (κ2) is 4.53. The average molecular weight is 384 g/mol. The van der Waals surface area contributed by atoms with Crippen molar-refractivity contribution in [1.29, 1.82) is 0 Å². The van der Waals surface area contributed by atoms with Gasteiger partial charge in [0.1, 0.15) is 4.90 Å². The van der Waals surface area contributed by atoms with Gasteiger partial charge in [0.05, 0.1) is 0 Å². The van der Waals surface area contributed by atoms with Gasteiger partial charge in [0, 0.05) is 20.7 Å². The number of hydrogen-bond donors (Lipinski definition) is 2. The standard InChI is InChI=1S/C10H12Br2N2O2S/c1-5-2-9(5)14-17(15,16)10-7(11)3-6(13)4-8(10)12/h3-5,9,14H,2,13H2,1H3. The molecular weight excluding hydrogens is 372 g/mol. The van der Waals surface area contributed by atoms with Crippen LogP contribution in [0.1, 0.15) is 13.3 Å². The fourth-order valence-corrected chi connectivity index (χ4v) is 5.56. The summed E-state index contributed by atoms with van der Waals surface area (Å²) in [5.41, 5.74) is 6.13. The van der Waals surface area contributed by atoms with Crippen LogP contribution in [0.15, 0.2) is 26.0 Å². The first-order valence-corrected chi connectivity index (χ1v) is 8.15. The van der Waals surface area contributed by atoms with E-state index in [1.54, 1.807) is 12.1 Å². The SMILES string of the molecule is CC1CC1NS(=O)(=O)c1c(Br)cc(N)cc1Br. The Morgan fingerprint density at radius 3 is 2.24 bits per heavy atom. The predicted molar refractivity (Wildman–Crippen MR) is 74.1 cm³/mol. The summed E-state index contributed by atoms with van der Waals surface area (Å²) in [7, 11) is -3.51. The lowest BCUT2D eigenvalue weighted by Gasteiger charge is -2.10. The van der Waals surface area contributed by atoms with Crippen molar-refractivity contribution in [3.63, 3.8) is 0 Å². The van der Waals surface area contributed by atoms with Gasteiger partial charge in [-0.25, -0.2) is 13.1 Å². The summed E-state index contributed by atoms with van der Waals surface area (Å²) in [6.07, 6.45) is 0.892. The molecule has 3 N–H and O–H groups in total. The highest BCUT2D eigenvalue weighted by molar-refractivity contribution is 9.11. The lowest BCUT2D eigenvalue weighted by molar-refractivity contribution is 0.577. The third-order valence-electron chi connectivity index (χ3n) is 2.71. The number of nitrogens with one attached hydrogen (secondary N) is 1. The highest BCUT2D eigenvalue weighted by Gasteiger charge is 2.37. The van der Waals surface area contributed by atoms with E-state index in [9.17, 15) is 8.42 Å². The van der Waals surface area contributed by atoms with Crippen LogP contribution in [0.4, 0.5) is 5.69 Å². The van der Waals surface area contributed by atoms with Crippen LogP contribution in [0.3, 0.4) is 0 Å². The third-order valence-corrected chi connectivity index (χ3v) is 6.07. The van der Waals surface area contributed by atoms with Crippen LogP contribution in [0.5, 0.6) is 0 Å². The van der Waals surface area contributed by atoms with E-state index in [1.807, 2.05) is 6.92 Å². The normalized spacial score (nSPS) is 23.7. The molecule has 0 heterocycles. The highest BCUT2D eigenvalue weighted by atomic mass is 79.9. The smallest absolute Gasteiger partial charge is 0.243 e. The molecule has 2 atom stereocenters. The van der Waals surface area contributed by atoms with Crippen LogP contribution in [0.25, 0.3) is 0 Å². The summed E-state index contributed by atoms with van der Waals surface area (Å²) >= 11 is 6.46. The Hall–Kier alpha value is -0.110. The third kappa shape index (κ3) is 2.83. The summed E-state index contributed by atoms with van der Waals surface area (Å²) in [6, 6.07) is 3.21. The lowest BCUT2D eigenvalue weighted by Crippen LogP contribution is -2.27. The number of rotatable bonds is 3. The van der Waals surface area contributed by atoms with Crippen LogP contribution in [0, 0.1) is 5.92 Å². The molecule has 1 aromatic carbocycles. The van der Waals surface area contributed by atoms with Crippen molar-refractivity contribution in [2.75, 3.05) is 5.73 Å². The number of benzene rings is 1. The average Bonchev–Trinajstić information content (AvgIpc) is 2.76. The fourth-order valence-electron chi connectivity index (χ4n) is 1.58. The zero-order valence-corrected chi connectivity index (χ0v) is 13.1. The molecule has 94 valence electrons. The molecule has 0 amide bonds. The van der Waals surface area contributed by atoms with Crippen LogP contribution in [0.2, 0.25) is 0 Å². The Balaban J connectivity index is 2.39. The number of halogens is 2. The van der Waals surface area contributed by atoms with E-state index in [4.69, 9.17) is 5.73 Å². The number of hydrogen-bond acceptors (Lipinski definition) is 3.